The summed E-state index contributed by atoms with van der Waals surface area (Å²) in [5, 5.41) is 0. The highest BCUT2D eigenvalue weighted by molar-refractivity contribution is 5.79. The van der Waals surface area contributed by atoms with Crippen LogP contribution in [0.15, 0.2) is 53.5 Å². The lowest BCUT2D eigenvalue weighted by Gasteiger charge is -1.98. The molecule has 0 bridgehead atoms. The lowest BCUT2D eigenvalue weighted by atomic mass is 10.1. The number of aliphatic imine (C=N–C) groups is 1. The van der Waals surface area contributed by atoms with Gasteiger partial charge in [0.2, 0.25) is 0 Å². The molecule has 0 amide bonds. The van der Waals surface area contributed by atoms with Crippen molar-refractivity contribution in [3.63, 3.8) is 0 Å². The van der Waals surface area contributed by atoms with E-state index in [9.17, 15) is 0 Å². The summed E-state index contributed by atoms with van der Waals surface area (Å²) in [5.41, 5.74) is 4.68. The lowest BCUT2D eigenvalue weighted by Crippen LogP contribution is -1.84. The van der Waals surface area contributed by atoms with E-state index in [-0.39, 0.29) is 0 Å². The third-order valence-corrected chi connectivity index (χ3v) is 2.82. The van der Waals surface area contributed by atoms with E-state index >= 15 is 0 Å². The molecule has 0 unspecified atom stereocenters. The van der Waals surface area contributed by atoms with Gasteiger partial charge in [-0.2, -0.15) is 0 Å². The Hall–Kier alpha value is -2.33. The SMILES string of the molecule is Cc1ccc(C#CC/N=C/c2ccccc2)c(C)c1. The van der Waals surface area contributed by atoms with E-state index in [0.29, 0.717) is 6.54 Å². The summed E-state index contributed by atoms with van der Waals surface area (Å²) in [4.78, 5) is 4.31. The topological polar surface area (TPSA) is 12.4 Å². The molecular formula is C18H17N. The number of nitrogens with zero attached hydrogens (tertiary/aromatic N) is 1. The molecule has 1 heteroatoms. The normalized spacial score (nSPS) is 10.2. The van der Waals surface area contributed by atoms with Crippen LogP contribution >= 0.6 is 0 Å². The highest BCUT2D eigenvalue weighted by Gasteiger charge is 1.93. The summed E-state index contributed by atoms with van der Waals surface area (Å²) in [5.74, 6) is 6.25. The second-order valence-electron chi connectivity index (χ2n) is 4.50. The molecule has 2 aromatic carbocycles. The predicted octanol–water partition coefficient (Wildman–Crippen LogP) is 3.77. The minimum absolute atomic E-state index is 0.530. The van der Waals surface area contributed by atoms with Gasteiger partial charge < -0.3 is 0 Å². The van der Waals surface area contributed by atoms with Crippen LogP contribution in [0.3, 0.4) is 0 Å². The average molecular weight is 247 g/mol. The maximum absolute atomic E-state index is 4.31. The molecule has 1 nitrogen and oxygen atoms in total. The van der Waals surface area contributed by atoms with E-state index in [0.717, 1.165) is 11.1 Å². The molecule has 19 heavy (non-hydrogen) atoms. The number of aryl methyl sites for hydroxylation is 2. The van der Waals surface area contributed by atoms with Crippen molar-refractivity contribution >= 4 is 6.21 Å². The molecular weight excluding hydrogens is 230 g/mol. The average Bonchev–Trinajstić information content (AvgIpc) is 2.42. The van der Waals surface area contributed by atoms with Crippen LogP contribution in [-0.2, 0) is 0 Å². The minimum atomic E-state index is 0.530. The first-order valence-electron chi connectivity index (χ1n) is 6.37. The highest BCUT2D eigenvalue weighted by atomic mass is 14.7. The molecule has 0 aliphatic heterocycles. The fraction of sp³-hybridized carbons (Fsp3) is 0.167. The fourth-order valence-electron chi connectivity index (χ4n) is 1.82. The standard InChI is InChI=1S/C18H17N/c1-15-10-11-18(16(2)13-15)9-6-12-19-14-17-7-4-3-5-8-17/h3-5,7-8,10-11,13-14H,12H2,1-2H3/b19-14+. The largest absolute Gasteiger partial charge is 0.280 e. The van der Waals surface area contributed by atoms with Crippen LogP contribution in [-0.4, -0.2) is 12.8 Å². The molecule has 0 radical (unpaired) electrons. The van der Waals surface area contributed by atoms with E-state index in [2.05, 4.69) is 48.9 Å². The maximum atomic E-state index is 4.31. The summed E-state index contributed by atoms with van der Waals surface area (Å²) in [7, 11) is 0. The summed E-state index contributed by atoms with van der Waals surface area (Å²) in [6, 6.07) is 16.4. The van der Waals surface area contributed by atoms with Crippen LogP contribution in [0, 0.1) is 25.7 Å². The zero-order valence-corrected chi connectivity index (χ0v) is 11.4. The van der Waals surface area contributed by atoms with E-state index in [4.69, 9.17) is 0 Å². The van der Waals surface area contributed by atoms with Gasteiger partial charge in [0.15, 0.2) is 0 Å². The first kappa shape index (κ1) is 13.1. The van der Waals surface area contributed by atoms with E-state index in [1.54, 1.807) is 0 Å². The Morgan fingerprint density at radius 1 is 1.05 bits per heavy atom. The van der Waals surface area contributed by atoms with Crippen LogP contribution in [0.4, 0.5) is 0 Å². The number of hydrogen-bond donors (Lipinski definition) is 0. The summed E-state index contributed by atoms with van der Waals surface area (Å²) < 4.78 is 0. The molecule has 0 heterocycles. The van der Waals surface area contributed by atoms with Crippen molar-refractivity contribution in [2.45, 2.75) is 13.8 Å². The molecule has 0 aliphatic carbocycles. The third kappa shape index (κ3) is 4.12. The molecule has 0 saturated carbocycles. The first-order valence-corrected chi connectivity index (χ1v) is 6.37. The lowest BCUT2D eigenvalue weighted by molar-refractivity contribution is 1.30. The van der Waals surface area contributed by atoms with Crippen molar-refractivity contribution < 1.29 is 0 Å². The second-order valence-corrected chi connectivity index (χ2v) is 4.50. The van der Waals surface area contributed by atoms with E-state index in [1.165, 1.54) is 11.1 Å². The molecule has 0 saturated heterocycles. The summed E-state index contributed by atoms with van der Waals surface area (Å²) in [6.45, 7) is 4.71. The molecule has 0 N–H and O–H groups in total. The molecule has 2 aromatic rings. The zero-order chi connectivity index (χ0) is 13.5. The Morgan fingerprint density at radius 2 is 1.84 bits per heavy atom. The highest BCUT2D eigenvalue weighted by Crippen LogP contribution is 2.08. The fourth-order valence-corrected chi connectivity index (χ4v) is 1.82. The van der Waals surface area contributed by atoms with E-state index in [1.807, 2.05) is 36.5 Å². The maximum Gasteiger partial charge on any atom is 0.100 e. The molecule has 0 aromatic heterocycles. The Bertz CT molecular complexity index is 628. The second kappa shape index (κ2) is 6.56. The monoisotopic (exact) mass is 247 g/mol. The van der Waals surface area contributed by atoms with Crippen molar-refractivity contribution in [1.29, 1.82) is 0 Å². The van der Waals surface area contributed by atoms with Crippen molar-refractivity contribution in [3.05, 3.63) is 70.8 Å². The van der Waals surface area contributed by atoms with Crippen molar-refractivity contribution in [2.75, 3.05) is 6.54 Å². The number of benzene rings is 2. The Labute approximate surface area is 115 Å². The quantitative estimate of drug-likeness (QED) is 0.566. The zero-order valence-electron chi connectivity index (χ0n) is 11.4. The van der Waals surface area contributed by atoms with Gasteiger partial charge in [-0.3, -0.25) is 4.99 Å². The smallest absolute Gasteiger partial charge is 0.100 e. The molecule has 94 valence electrons. The molecule has 0 spiro atoms. The van der Waals surface area contributed by atoms with Crippen LogP contribution < -0.4 is 0 Å². The summed E-state index contributed by atoms with van der Waals surface area (Å²) in [6.07, 6.45) is 1.86. The van der Waals surface area contributed by atoms with Crippen LogP contribution in [0.25, 0.3) is 0 Å². The number of rotatable bonds is 2. The van der Waals surface area contributed by atoms with Gasteiger partial charge in [-0.25, -0.2) is 0 Å². The first-order chi connectivity index (χ1) is 9.25. The van der Waals surface area contributed by atoms with Gasteiger partial charge >= 0.3 is 0 Å². The van der Waals surface area contributed by atoms with Gasteiger partial charge in [-0.15, -0.1) is 0 Å². The Morgan fingerprint density at radius 3 is 2.58 bits per heavy atom. The van der Waals surface area contributed by atoms with Crippen molar-refractivity contribution in [2.24, 2.45) is 4.99 Å². The third-order valence-electron chi connectivity index (χ3n) is 2.82. The van der Waals surface area contributed by atoms with Crippen LogP contribution in [0.2, 0.25) is 0 Å². The van der Waals surface area contributed by atoms with Crippen molar-refractivity contribution in [1.82, 2.24) is 0 Å². The van der Waals surface area contributed by atoms with Crippen LogP contribution in [0.5, 0.6) is 0 Å². The Balaban J connectivity index is 1.96. The van der Waals surface area contributed by atoms with Crippen molar-refractivity contribution in [3.8, 4) is 11.8 Å². The molecule has 2 rings (SSSR count). The van der Waals surface area contributed by atoms with Crippen LogP contribution in [0.1, 0.15) is 22.3 Å². The predicted molar refractivity (Wildman–Crippen MR) is 81.7 cm³/mol. The minimum Gasteiger partial charge on any atom is -0.280 e. The van der Waals surface area contributed by atoms with Gasteiger partial charge in [0.25, 0.3) is 0 Å². The number of hydrogen-bond acceptors (Lipinski definition) is 1. The molecule has 0 atom stereocenters. The van der Waals surface area contributed by atoms with Gasteiger partial charge in [-0.05, 0) is 31.0 Å². The summed E-state index contributed by atoms with van der Waals surface area (Å²) >= 11 is 0. The molecule has 0 aliphatic rings. The van der Waals surface area contributed by atoms with E-state index < -0.39 is 0 Å². The molecule has 0 fully saturated rings. The van der Waals surface area contributed by atoms with Gasteiger partial charge in [0.05, 0.1) is 0 Å². The van der Waals surface area contributed by atoms with Gasteiger partial charge in [0, 0.05) is 11.8 Å². The Kier molecular flexibility index (Phi) is 4.53. The van der Waals surface area contributed by atoms with Gasteiger partial charge in [0.1, 0.15) is 6.54 Å². The van der Waals surface area contributed by atoms with Gasteiger partial charge in [-0.1, -0.05) is 59.9 Å².